The second-order valence-electron chi connectivity index (χ2n) is 5.42. The van der Waals surface area contributed by atoms with Gasteiger partial charge in [-0.25, -0.2) is 8.42 Å². The molecule has 8 heteroatoms. The van der Waals surface area contributed by atoms with Crippen molar-refractivity contribution in [2.24, 2.45) is 0 Å². The minimum Gasteiger partial charge on any atom is -0.489 e. The molecule has 0 spiro atoms. The summed E-state index contributed by atoms with van der Waals surface area (Å²) in [6.45, 7) is 2.38. The predicted octanol–water partition coefficient (Wildman–Crippen LogP) is 2.51. The third-order valence-electron chi connectivity index (χ3n) is 3.64. The molecule has 0 saturated carbocycles. The summed E-state index contributed by atoms with van der Waals surface area (Å²) >= 11 is 0. The van der Waals surface area contributed by atoms with Gasteiger partial charge in [-0.2, -0.15) is 0 Å². The van der Waals surface area contributed by atoms with Crippen LogP contribution in [0.15, 0.2) is 52.3 Å². The largest absolute Gasteiger partial charge is 0.489 e. The number of non-ortho nitro benzene ring substituents is 1. The Bertz CT molecular complexity index is 889. The highest BCUT2D eigenvalue weighted by Crippen LogP contribution is 2.34. The molecule has 1 unspecified atom stereocenters. The molecule has 0 aromatic heterocycles. The Morgan fingerprint density at radius 2 is 1.96 bits per heavy atom. The molecule has 1 atom stereocenters. The van der Waals surface area contributed by atoms with Crippen LogP contribution >= 0.6 is 0 Å². The predicted molar refractivity (Wildman–Crippen MR) is 85.0 cm³/mol. The van der Waals surface area contributed by atoms with E-state index in [9.17, 15) is 18.5 Å². The van der Waals surface area contributed by atoms with Crippen molar-refractivity contribution in [3.05, 3.63) is 58.1 Å². The Labute approximate surface area is 138 Å². The maximum Gasteiger partial charge on any atom is 0.273 e. The Balaban J connectivity index is 2.07. The summed E-state index contributed by atoms with van der Waals surface area (Å²) < 4.78 is 36.4. The van der Waals surface area contributed by atoms with E-state index in [1.54, 1.807) is 25.1 Å². The fourth-order valence-corrected chi connectivity index (χ4v) is 3.88. The third kappa shape index (κ3) is 3.24. The van der Waals surface area contributed by atoms with Crippen molar-refractivity contribution in [3.8, 4) is 5.75 Å². The lowest BCUT2D eigenvalue weighted by Crippen LogP contribution is -2.10. The van der Waals surface area contributed by atoms with Crippen LogP contribution in [0.4, 0.5) is 5.69 Å². The van der Waals surface area contributed by atoms with Gasteiger partial charge in [0.05, 0.1) is 22.5 Å². The first kappa shape index (κ1) is 16.4. The quantitative estimate of drug-likeness (QED) is 0.451. The zero-order chi connectivity index (χ0) is 17.3. The summed E-state index contributed by atoms with van der Waals surface area (Å²) in [7, 11) is -3.86. The van der Waals surface area contributed by atoms with E-state index >= 15 is 0 Å². The average Bonchev–Trinajstić information content (AvgIpc) is 3.37. The number of hydrogen-bond donors (Lipinski definition) is 0. The molecule has 0 aliphatic carbocycles. The number of aryl methyl sites for hydroxylation is 1. The molecular weight excluding hydrogens is 334 g/mol. The lowest BCUT2D eigenvalue weighted by atomic mass is 10.2. The molecule has 1 aliphatic rings. The number of rotatable bonds is 6. The van der Waals surface area contributed by atoms with Crippen molar-refractivity contribution in [2.45, 2.75) is 22.8 Å². The smallest absolute Gasteiger partial charge is 0.273 e. The number of benzene rings is 2. The van der Waals surface area contributed by atoms with Gasteiger partial charge in [-0.15, -0.1) is 0 Å². The van der Waals surface area contributed by atoms with Gasteiger partial charge in [0.15, 0.2) is 0 Å². The first-order valence-corrected chi connectivity index (χ1v) is 8.71. The highest BCUT2D eigenvalue weighted by atomic mass is 32.2. The summed E-state index contributed by atoms with van der Waals surface area (Å²) in [6.07, 6.45) is -0.0988. The van der Waals surface area contributed by atoms with E-state index in [1.165, 1.54) is 12.1 Å². The fourth-order valence-electron chi connectivity index (χ4n) is 2.27. The highest BCUT2D eigenvalue weighted by Gasteiger charge is 2.28. The van der Waals surface area contributed by atoms with Crippen molar-refractivity contribution < 1.29 is 22.8 Å². The topological polar surface area (TPSA) is 99.0 Å². The molecule has 0 radical (unpaired) electrons. The van der Waals surface area contributed by atoms with E-state index in [0.717, 1.165) is 12.1 Å². The Kier molecular flexibility index (Phi) is 4.25. The first-order chi connectivity index (χ1) is 11.4. The van der Waals surface area contributed by atoms with Crippen LogP contribution in [0.25, 0.3) is 0 Å². The van der Waals surface area contributed by atoms with Crippen LogP contribution in [0.5, 0.6) is 5.75 Å². The summed E-state index contributed by atoms with van der Waals surface area (Å²) in [5.74, 6) is -0.0389. The summed E-state index contributed by atoms with van der Waals surface area (Å²) in [4.78, 5) is 10.4. The lowest BCUT2D eigenvalue weighted by molar-refractivity contribution is -0.385. The van der Waals surface area contributed by atoms with Gasteiger partial charge in [0.1, 0.15) is 23.4 Å². The van der Waals surface area contributed by atoms with Crippen molar-refractivity contribution in [1.29, 1.82) is 0 Å². The molecule has 1 fully saturated rings. The molecule has 1 aliphatic heterocycles. The molecular formula is C16H15NO6S. The number of nitro groups is 1. The Morgan fingerprint density at radius 1 is 1.25 bits per heavy atom. The van der Waals surface area contributed by atoms with Gasteiger partial charge in [0.2, 0.25) is 9.84 Å². The molecule has 0 amide bonds. The summed E-state index contributed by atoms with van der Waals surface area (Å²) in [6, 6.07) is 10.1. The molecule has 0 N–H and O–H groups in total. The van der Waals surface area contributed by atoms with Crippen LogP contribution in [-0.4, -0.2) is 32.7 Å². The number of nitrogens with zero attached hydrogens (tertiary/aromatic N) is 1. The first-order valence-electron chi connectivity index (χ1n) is 7.23. The van der Waals surface area contributed by atoms with Gasteiger partial charge in [-0.1, -0.05) is 18.2 Å². The number of nitro benzene ring substituents is 1. The zero-order valence-corrected chi connectivity index (χ0v) is 13.7. The van der Waals surface area contributed by atoms with Crippen LogP contribution in [0.2, 0.25) is 0 Å². The van der Waals surface area contributed by atoms with E-state index in [0.29, 0.717) is 12.2 Å². The third-order valence-corrected chi connectivity index (χ3v) is 5.59. The van der Waals surface area contributed by atoms with E-state index in [1.807, 2.05) is 0 Å². The maximum atomic E-state index is 12.9. The Hall–Kier alpha value is -2.45. The lowest BCUT2D eigenvalue weighted by Gasteiger charge is -2.13. The second-order valence-corrected chi connectivity index (χ2v) is 7.31. The molecule has 1 saturated heterocycles. The number of ether oxygens (including phenoxy) is 2. The summed E-state index contributed by atoms with van der Waals surface area (Å²) in [5.41, 5.74) is 0.359. The molecule has 1 heterocycles. The minimum absolute atomic E-state index is 0.0389. The van der Waals surface area contributed by atoms with E-state index in [4.69, 9.17) is 9.47 Å². The molecule has 2 aromatic rings. The van der Waals surface area contributed by atoms with Gasteiger partial charge in [-0.05, 0) is 24.6 Å². The molecule has 0 bridgehead atoms. The number of epoxide rings is 1. The van der Waals surface area contributed by atoms with Gasteiger partial charge >= 0.3 is 0 Å². The van der Waals surface area contributed by atoms with Gasteiger partial charge in [-0.3, -0.25) is 10.1 Å². The minimum atomic E-state index is -3.86. The molecule has 126 valence electrons. The molecule has 3 rings (SSSR count). The SMILES string of the molecule is Cc1ccccc1S(=O)(=O)c1ccc([N+](=O)[O-])cc1OCC1CO1. The summed E-state index contributed by atoms with van der Waals surface area (Å²) in [5, 5.41) is 11.0. The van der Waals surface area contributed by atoms with Crippen LogP contribution in [0.3, 0.4) is 0 Å². The van der Waals surface area contributed by atoms with E-state index < -0.39 is 14.8 Å². The zero-order valence-electron chi connectivity index (χ0n) is 12.8. The normalized spacial score (nSPS) is 16.6. The molecule has 2 aromatic carbocycles. The fraction of sp³-hybridized carbons (Fsp3) is 0.250. The van der Waals surface area contributed by atoms with Crippen LogP contribution in [-0.2, 0) is 14.6 Å². The number of sulfone groups is 1. The van der Waals surface area contributed by atoms with Crippen LogP contribution < -0.4 is 4.74 Å². The van der Waals surface area contributed by atoms with Gasteiger partial charge in [0, 0.05) is 6.07 Å². The number of hydrogen-bond acceptors (Lipinski definition) is 6. The van der Waals surface area contributed by atoms with Crippen molar-refractivity contribution in [3.63, 3.8) is 0 Å². The van der Waals surface area contributed by atoms with Gasteiger partial charge < -0.3 is 9.47 Å². The monoisotopic (exact) mass is 349 g/mol. The molecule has 24 heavy (non-hydrogen) atoms. The maximum absolute atomic E-state index is 12.9. The average molecular weight is 349 g/mol. The van der Waals surface area contributed by atoms with Crippen LogP contribution in [0.1, 0.15) is 5.56 Å². The standard InChI is InChI=1S/C16H15NO6S/c1-11-4-2-3-5-15(11)24(20,21)16-7-6-12(17(18)19)8-14(16)23-10-13-9-22-13/h2-8,13H,9-10H2,1H3. The van der Waals surface area contributed by atoms with Crippen molar-refractivity contribution in [2.75, 3.05) is 13.2 Å². The van der Waals surface area contributed by atoms with Gasteiger partial charge in [0.25, 0.3) is 5.69 Å². The molecule has 7 nitrogen and oxygen atoms in total. The van der Waals surface area contributed by atoms with Crippen molar-refractivity contribution in [1.82, 2.24) is 0 Å². The van der Waals surface area contributed by atoms with E-state index in [-0.39, 0.29) is 33.9 Å². The van der Waals surface area contributed by atoms with E-state index in [2.05, 4.69) is 0 Å². The Morgan fingerprint density at radius 3 is 2.58 bits per heavy atom. The second kappa shape index (κ2) is 6.21. The van der Waals surface area contributed by atoms with Crippen molar-refractivity contribution >= 4 is 15.5 Å². The van der Waals surface area contributed by atoms with Crippen LogP contribution in [0, 0.1) is 17.0 Å². The highest BCUT2D eigenvalue weighted by molar-refractivity contribution is 7.91.